The van der Waals surface area contributed by atoms with Crippen molar-refractivity contribution in [1.82, 2.24) is 14.9 Å². The number of rotatable bonds is 13. The molecule has 5 heteroatoms. The van der Waals surface area contributed by atoms with E-state index in [-0.39, 0.29) is 17.2 Å². The van der Waals surface area contributed by atoms with Crippen molar-refractivity contribution in [3.63, 3.8) is 0 Å². The molecule has 3 aromatic rings. The number of hydrogen-bond donors (Lipinski definition) is 1. The molecule has 2 aromatic carbocycles. The van der Waals surface area contributed by atoms with E-state index >= 15 is 0 Å². The van der Waals surface area contributed by atoms with E-state index in [4.69, 9.17) is 9.72 Å². The van der Waals surface area contributed by atoms with Crippen molar-refractivity contribution in [3.05, 3.63) is 59.9 Å². The largest absolute Gasteiger partial charge is 0.494 e. The number of para-hydroxylation sites is 2. The van der Waals surface area contributed by atoms with Crippen molar-refractivity contribution in [2.24, 2.45) is 5.92 Å². The summed E-state index contributed by atoms with van der Waals surface area (Å²) in [6.07, 6.45) is 6.19. The van der Waals surface area contributed by atoms with Crippen LogP contribution in [0.5, 0.6) is 5.75 Å². The van der Waals surface area contributed by atoms with Crippen molar-refractivity contribution in [3.8, 4) is 5.75 Å². The van der Waals surface area contributed by atoms with E-state index in [1.165, 1.54) is 11.1 Å². The van der Waals surface area contributed by atoms with Crippen molar-refractivity contribution < 1.29 is 9.53 Å². The number of hydrogen-bond acceptors (Lipinski definition) is 3. The highest BCUT2D eigenvalue weighted by molar-refractivity contribution is 5.77. The van der Waals surface area contributed by atoms with Crippen molar-refractivity contribution in [2.45, 2.75) is 85.1 Å². The molecule has 0 atom stereocenters. The maximum absolute atomic E-state index is 11.7. The highest BCUT2D eigenvalue weighted by Crippen LogP contribution is 2.24. The Morgan fingerprint density at radius 1 is 0.971 bits per heavy atom. The summed E-state index contributed by atoms with van der Waals surface area (Å²) in [4.78, 5) is 16.6. The molecule has 0 radical (unpaired) electrons. The van der Waals surface area contributed by atoms with Gasteiger partial charge in [-0.15, -0.1) is 0 Å². The summed E-state index contributed by atoms with van der Waals surface area (Å²) >= 11 is 0. The van der Waals surface area contributed by atoms with E-state index in [1.54, 1.807) is 0 Å². The monoisotopic (exact) mass is 477 g/mol. The Labute approximate surface area is 211 Å². The molecule has 1 aromatic heterocycles. The van der Waals surface area contributed by atoms with E-state index in [2.05, 4.69) is 79.2 Å². The number of fused-ring (bicyclic) bond motifs is 1. The maximum Gasteiger partial charge on any atom is 0.222 e. The number of unbranched alkanes of at least 4 members (excludes halogenated alkanes) is 3. The van der Waals surface area contributed by atoms with Crippen LogP contribution in [0.3, 0.4) is 0 Å². The second kappa shape index (κ2) is 12.8. The number of aromatic nitrogens is 2. The van der Waals surface area contributed by atoms with Crippen LogP contribution >= 0.6 is 0 Å². The molecule has 0 aliphatic rings. The lowest BCUT2D eigenvalue weighted by Crippen LogP contribution is -2.28. The summed E-state index contributed by atoms with van der Waals surface area (Å²) in [5.74, 6) is 2.29. The zero-order valence-electron chi connectivity index (χ0n) is 22.3. The maximum atomic E-state index is 11.7. The third-order valence-corrected chi connectivity index (χ3v) is 6.40. The zero-order valence-corrected chi connectivity index (χ0v) is 22.3. The normalized spacial score (nSPS) is 11.8. The molecule has 0 bridgehead atoms. The molecule has 3 rings (SSSR count). The fourth-order valence-corrected chi connectivity index (χ4v) is 4.18. The van der Waals surface area contributed by atoms with Gasteiger partial charge >= 0.3 is 0 Å². The number of ether oxygens (including phenoxy) is 1. The number of nitrogens with one attached hydrogen (secondary N) is 1. The second-order valence-corrected chi connectivity index (χ2v) is 10.8. The van der Waals surface area contributed by atoms with E-state index in [0.717, 1.165) is 75.3 Å². The molecule has 190 valence electrons. The number of benzene rings is 2. The number of carbonyl (C=O) groups is 1. The number of nitrogens with zero attached hydrogens (tertiary/aromatic N) is 2. The summed E-state index contributed by atoms with van der Waals surface area (Å²) in [5, 5.41) is 3.00. The van der Waals surface area contributed by atoms with Gasteiger partial charge < -0.3 is 14.6 Å². The van der Waals surface area contributed by atoms with Gasteiger partial charge in [-0.1, -0.05) is 65.3 Å². The molecule has 35 heavy (non-hydrogen) atoms. The van der Waals surface area contributed by atoms with Gasteiger partial charge in [0.15, 0.2) is 0 Å². The Hall–Kier alpha value is -2.82. The second-order valence-electron chi connectivity index (χ2n) is 10.8. The molecule has 0 saturated carbocycles. The third kappa shape index (κ3) is 8.12. The number of carbonyl (C=O) groups excluding carboxylic acids is 1. The molecular formula is C30H43N3O2. The van der Waals surface area contributed by atoms with Crippen molar-refractivity contribution in [2.75, 3.05) is 13.2 Å². The molecule has 0 aliphatic heterocycles. The van der Waals surface area contributed by atoms with Crippen LogP contribution in [-0.2, 0) is 23.2 Å². The summed E-state index contributed by atoms with van der Waals surface area (Å²) in [6.45, 7) is 13.0. The molecule has 1 N–H and O–H groups in total. The molecule has 1 amide bonds. The Morgan fingerprint density at radius 2 is 1.71 bits per heavy atom. The third-order valence-electron chi connectivity index (χ3n) is 6.40. The molecule has 0 aliphatic carbocycles. The van der Waals surface area contributed by atoms with Gasteiger partial charge in [0.25, 0.3) is 0 Å². The van der Waals surface area contributed by atoms with Gasteiger partial charge in [-0.25, -0.2) is 4.98 Å². The summed E-state index contributed by atoms with van der Waals surface area (Å²) in [5.41, 5.74) is 3.77. The van der Waals surface area contributed by atoms with Gasteiger partial charge in [-0.05, 0) is 60.9 Å². The molecule has 0 fully saturated rings. The Balaban J connectivity index is 1.45. The smallest absolute Gasteiger partial charge is 0.222 e. The highest BCUT2D eigenvalue weighted by atomic mass is 16.5. The first kappa shape index (κ1) is 26.8. The first-order valence-corrected chi connectivity index (χ1v) is 13.2. The first-order chi connectivity index (χ1) is 16.8. The van der Waals surface area contributed by atoms with Crippen molar-refractivity contribution >= 4 is 16.9 Å². The van der Waals surface area contributed by atoms with Crippen LogP contribution in [0.15, 0.2) is 48.5 Å². The van der Waals surface area contributed by atoms with Gasteiger partial charge in [0.1, 0.15) is 11.6 Å². The van der Waals surface area contributed by atoms with Gasteiger partial charge in [-0.2, -0.15) is 0 Å². The summed E-state index contributed by atoms with van der Waals surface area (Å²) in [7, 11) is 0. The van der Waals surface area contributed by atoms with Gasteiger partial charge in [0.05, 0.1) is 17.6 Å². The van der Waals surface area contributed by atoms with Gasteiger partial charge in [-0.3, -0.25) is 4.79 Å². The average Bonchev–Trinajstić information content (AvgIpc) is 3.18. The fraction of sp³-hybridized carbons (Fsp3) is 0.533. The van der Waals surface area contributed by atoms with Crippen molar-refractivity contribution in [1.29, 1.82) is 0 Å². The van der Waals surface area contributed by atoms with E-state index in [1.807, 2.05) is 13.8 Å². The lowest BCUT2D eigenvalue weighted by atomic mass is 9.87. The van der Waals surface area contributed by atoms with E-state index in [0.29, 0.717) is 0 Å². The van der Waals surface area contributed by atoms with Crippen LogP contribution < -0.4 is 10.1 Å². The van der Waals surface area contributed by atoms with E-state index < -0.39 is 0 Å². The standard InChI is InChI=1S/C30H43N3O2/c1-23(2)29(34)31-20-10-6-7-15-28-32-26-13-8-9-14-27(26)33(28)21-11-12-22-35-25-18-16-24(17-19-25)30(3,4)5/h8-9,13-14,16-19,23H,6-7,10-12,15,20-22H2,1-5H3,(H,31,34). The molecule has 1 heterocycles. The number of amides is 1. The van der Waals surface area contributed by atoms with Crippen LogP contribution in [0.25, 0.3) is 11.0 Å². The summed E-state index contributed by atoms with van der Waals surface area (Å²) in [6, 6.07) is 16.9. The predicted molar refractivity (Wildman–Crippen MR) is 145 cm³/mol. The van der Waals surface area contributed by atoms with Crippen LogP contribution in [0.1, 0.15) is 78.1 Å². The number of aryl methyl sites for hydroxylation is 2. The minimum Gasteiger partial charge on any atom is -0.494 e. The molecule has 0 unspecified atom stereocenters. The van der Waals surface area contributed by atoms with Crippen LogP contribution in [0.4, 0.5) is 0 Å². The molecule has 0 saturated heterocycles. The Morgan fingerprint density at radius 3 is 2.43 bits per heavy atom. The molecule has 0 spiro atoms. The Bertz CT molecular complexity index is 1060. The average molecular weight is 478 g/mol. The molecular weight excluding hydrogens is 434 g/mol. The Kier molecular flexibility index (Phi) is 9.76. The van der Waals surface area contributed by atoms with Crippen LogP contribution in [0.2, 0.25) is 0 Å². The summed E-state index contributed by atoms with van der Waals surface area (Å²) < 4.78 is 8.37. The topological polar surface area (TPSA) is 56.2 Å². The number of imidazole rings is 1. The fourth-order valence-electron chi connectivity index (χ4n) is 4.18. The predicted octanol–water partition coefficient (Wildman–Crippen LogP) is 6.68. The lowest BCUT2D eigenvalue weighted by Gasteiger charge is -2.19. The van der Waals surface area contributed by atoms with Gasteiger partial charge in [0.2, 0.25) is 5.91 Å². The first-order valence-electron chi connectivity index (χ1n) is 13.2. The molecule has 5 nitrogen and oxygen atoms in total. The minimum absolute atomic E-state index is 0.0503. The lowest BCUT2D eigenvalue weighted by molar-refractivity contribution is -0.123. The quantitative estimate of drug-likeness (QED) is 0.279. The zero-order chi connectivity index (χ0) is 25.3. The van der Waals surface area contributed by atoms with Crippen LogP contribution in [0, 0.1) is 5.92 Å². The highest BCUT2D eigenvalue weighted by Gasteiger charge is 2.13. The SMILES string of the molecule is CC(C)C(=O)NCCCCCc1nc2ccccc2n1CCCCOc1ccc(C(C)(C)C)cc1. The van der Waals surface area contributed by atoms with Crippen LogP contribution in [-0.4, -0.2) is 28.6 Å². The van der Waals surface area contributed by atoms with E-state index in [9.17, 15) is 4.79 Å². The van der Waals surface area contributed by atoms with Gasteiger partial charge in [0, 0.05) is 25.4 Å². The minimum atomic E-state index is 0.0503.